The van der Waals surface area contributed by atoms with Crippen LogP contribution in [0.4, 0.5) is 0 Å². The molecule has 0 saturated carbocycles. The molecule has 0 amide bonds. The first-order valence-corrected chi connectivity index (χ1v) is 20.5. The molecule has 0 saturated heterocycles. The Balaban J connectivity index is 3.10. The van der Waals surface area contributed by atoms with Gasteiger partial charge in [-0.05, 0) is 6.42 Å². The predicted molar refractivity (Wildman–Crippen MR) is 203 cm³/mol. The van der Waals surface area contributed by atoms with Gasteiger partial charge in [-0.2, -0.15) is 0 Å². The Kier molecular flexibility index (Phi) is 48.6. The summed E-state index contributed by atoms with van der Waals surface area (Å²) in [5.74, 6) is 0.357. The quantitative estimate of drug-likeness (QED) is 0.0470. The third-order valence-electron chi connectivity index (χ3n) is 7.29. The lowest BCUT2D eigenvalue weighted by atomic mass is 10.1. The molecule has 0 fully saturated rings. The third kappa shape index (κ3) is 49.3. The highest BCUT2D eigenvalue weighted by Crippen LogP contribution is 2.10. The van der Waals surface area contributed by atoms with Crippen LogP contribution in [0, 0.1) is 0 Å². The van der Waals surface area contributed by atoms with Crippen molar-refractivity contribution in [2.75, 3.05) is 171 Å². The van der Waals surface area contributed by atoms with Crippen LogP contribution in [0.2, 0.25) is 0 Å². The zero-order valence-corrected chi connectivity index (χ0v) is 33.8. The highest BCUT2D eigenvalue weighted by atomic mass is 35.5. The summed E-state index contributed by atoms with van der Waals surface area (Å²) in [5, 5.41) is 0. The maximum absolute atomic E-state index is 11.8. The van der Waals surface area contributed by atoms with E-state index in [1.54, 1.807) is 0 Å². The molecule has 0 aromatic heterocycles. The second kappa shape index (κ2) is 49.3. The molecule has 0 unspecified atom stereocenters. The zero-order valence-electron chi connectivity index (χ0n) is 33.0. The Morgan fingerprint density at radius 1 is 0.321 bits per heavy atom. The van der Waals surface area contributed by atoms with Gasteiger partial charge in [0.15, 0.2) is 0 Å². The number of esters is 1. The van der Waals surface area contributed by atoms with Crippen molar-refractivity contribution in [3.63, 3.8) is 0 Å². The average Bonchev–Trinajstić information content (AvgIpc) is 3.16. The lowest BCUT2D eigenvalue weighted by Crippen LogP contribution is -2.15. The van der Waals surface area contributed by atoms with Crippen LogP contribution in [0.25, 0.3) is 0 Å². The number of hydrogen-bond acceptors (Lipinski definition) is 14. The molecule has 318 valence electrons. The van der Waals surface area contributed by atoms with Gasteiger partial charge in [0, 0.05) is 12.3 Å². The first-order chi connectivity index (χ1) is 26.3. The Labute approximate surface area is 325 Å². The van der Waals surface area contributed by atoms with E-state index in [2.05, 4.69) is 6.92 Å². The highest BCUT2D eigenvalue weighted by molar-refractivity contribution is 6.17. The molecule has 0 radical (unpaired) electrons. The lowest BCUT2D eigenvalue weighted by Gasteiger charge is -2.09. The number of halogens is 1. The Morgan fingerprint density at radius 2 is 0.547 bits per heavy atom. The van der Waals surface area contributed by atoms with E-state index in [0.29, 0.717) is 171 Å². The molecular weight excluding hydrogens is 716 g/mol. The summed E-state index contributed by atoms with van der Waals surface area (Å²) >= 11 is 5.52. The normalized spacial score (nSPS) is 11.5. The fourth-order valence-electron chi connectivity index (χ4n) is 4.44. The summed E-state index contributed by atoms with van der Waals surface area (Å²) in [6.07, 6.45) is 11.6. The summed E-state index contributed by atoms with van der Waals surface area (Å²) in [5.41, 5.74) is 0. The smallest absolute Gasteiger partial charge is 0.305 e. The Morgan fingerprint density at radius 3 is 0.811 bits per heavy atom. The Bertz CT molecular complexity index is 683. The number of carbonyl (C=O) groups excluding carboxylic acids is 1. The summed E-state index contributed by atoms with van der Waals surface area (Å²) in [4.78, 5) is 11.8. The largest absolute Gasteiger partial charge is 0.463 e. The molecule has 0 bridgehead atoms. The van der Waals surface area contributed by atoms with Crippen molar-refractivity contribution < 1.29 is 66.4 Å². The number of carbonyl (C=O) groups is 1. The first kappa shape index (κ1) is 52.3. The second-order valence-corrected chi connectivity index (χ2v) is 12.2. The number of unbranched alkanes of at least 4 members (excludes halogenated alkanes) is 8. The third-order valence-corrected chi connectivity index (χ3v) is 7.44. The second-order valence-electron chi connectivity index (χ2n) is 11.8. The Hall–Kier alpha value is -0.720. The van der Waals surface area contributed by atoms with Gasteiger partial charge in [0.25, 0.3) is 0 Å². The minimum Gasteiger partial charge on any atom is -0.463 e. The van der Waals surface area contributed by atoms with Crippen molar-refractivity contribution in [3.8, 4) is 0 Å². The van der Waals surface area contributed by atoms with E-state index in [4.69, 9.17) is 73.2 Å². The van der Waals surface area contributed by atoms with Gasteiger partial charge in [0.1, 0.15) is 6.61 Å². The monoisotopic (exact) mass is 790 g/mol. The van der Waals surface area contributed by atoms with Crippen LogP contribution in [0.1, 0.15) is 71.1 Å². The molecule has 14 nitrogen and oxygen atoms in total. The minimum atomic E-state index is -0.138. The van der Waals surface area contributed by atoms with Crippen molar-refractivity contribution in [3.05, 3.63) is 0 Å². The standard InChI is InChI=1S/C38H75ClO14/c1-2-3-4-5-6-7-8-9-10-11-38(40)53-37-36-52-35-34-51-33-32-50-31-30-49-29-28-48-27-26-47-25-24-46-23-22-45-21-20-44-19-18-43-17-16-42-15-14-41-13-12-39/h2-37H2,1H3. The SMILES string of the molecule is CCCCCCCCCCCC(=O)OCCOCCOCCOCCOCCOCCOCCOCCOCCOCCOCCOCCOCCCl. The van der Waals surface area contributed by atoms with Crippen molar-refractivity contribution in [1.82, 2.24) is 0 Å². The summed E-state index contributed by atoms with van der Waals surface area (Å²) in [7, 11) is 0. The fourth-order valence-corrected chi connectivity index (χ4v) is 4.55. The molecule has 0 aliphatic carbocycles. The fraction of sp³-hybridized carbons (Fsp3) is 0.974. The van der Waals surface area contributed by atoms with Crippen LogP contribution in [-0.4, -0.2) is 177 Å². The molecule has 0 aliphatic rings. The van der Waals surface area contributed by atoms with E-state index in [9.17, 15) is 4.79 Å². The molecular formula is C38H75ClO14. The van der Waals surface area contributed by atoms with Crippen LogP contribution in [0.3, 0.4) is 0 Å². The van der Waals surface area contributed by atoms with Gasteiger partial charge < -0.3 is 61.6 Å². The molecule has 0 aliphatic heterocycles. The molecule has 0 atom stereocenters. The van der Waals surface area contributed by atoms with Gasteiger partial charge in [-0.3, -0.25) is 4.79 Å². The van der Waals surface area contributed by atoms with Crippen LogP contribution >= 0.6 is 11.6 Å². The molecule has 0 rings (SSSR count). The molecule has 0 spiro atoms. The molecule has 15 heteroatoms. The van der Waals surface area contributed by atoms with E-state index in [0.717, 1.165) is 12.8 Å². The van der Waals surface area contributed by atoms with Crippen molar-refractivity contribution in [1.29, 1.82) is 0 Å². The first-order valence-electron chi connectivity index (χ1n) is 20.0. The van der Waals surface area contributed by atoms with Crippen molar-refractivity contribution in [2.45, 2.75) is 71.1 Å². The van der Waals surface area contributed by atoms with E-state index < -0.39 is 0 Å². The van der Waals surface area contributed by atoms with Crippen molar-refractivity contribution >= 4 is 17.6 Å². The molecule has 0 N–H and O–H groups in total. The average molecular weight is 791 g/mol. The zero-order chi connectivity index (χ0) is 38.2. The lowest BCUT2D eigenvalue weighted by molar-refractivity contribution is -0.145. The van der Waals surface area contributed by atoms with Crippen molar-refractivity contribution in [2.24, 2.45) is 0 Å². The molecule has 0 aromatic carbocycles. The maximum atomic E-state index is 11.8. The highest BCUT2D eigenvalue weighted by Gasteiger charge is 2.03. The van der Waals surface area contributed by atoms with Crippen LogP contribution in [-0.2, 0) is 66.4 Å². The number of rotatable bonds is 48. The topological polar surface area (TPSA) is 137 Å². The van der Waals surface area contributed by atoms with Gasteiger partial charge in [-0.15, -0.1) is 11.6 Å². The summed E-state index contributed by atoms with van der Waals surface area (Å²) < 4.78 is 70.5. The van der Waals surface area contributed by atoms with E-state index in [1.165, 1.54) is 44.9 Å². The summed E-state index contributed by atoms with van der Waals surface area (Å²) in [6.45, 7) is 14.5. The maximum Gasteiger partial charge on any atom is 0.305 e. The molecule has 0 heterocycles. The molecule has 0 aromatic rings. The van der Waals surface area contributed by atoms with Crippen LogP contribution in [0.15, 0.2) is 0 Å². The minimum absolute atomic E-state index is 0.138. The van der Waals surface area contributed by atoms with E-state index >= 15 is 0 Å². The van der Waals surface area contributed by atoms with Crippen LogP contribution < -0.4 is 0 Å². The van der Waals surface area contributed by atoms with Gasteiger partial charge >= 0.3 is 5.97 Å². The summed E-state index contributed by atoms with van der Waals surface area (Å²) in [6, 6.07) is 0. The van der Waals surface area contributed by atoms with E-state index in [-0.39, 0.29) is 12.6 Å². The number of ether oxygens (including phenoxy) is 13. The van der Waals surface area contributed by atoms with Crippen LogP contribution in [0.5, 0.6) is 0 Å². The number of alkyl halides is 1. The van der Waals surface area contributed by atoms with E-state index in [1.807, 2.05) is 0 Å². The molecule has 53 heavy (non-hydrogen) atoms. The van der Waals surface area contributed by atoms with Gasteiger partial charge in [0.2, 0.25) is 0 Å². The van der Waals surface area contributed by atoms with Gasteiger partial charge in [-0.1, -0.05) is 58.3 Å². The number of hydrogen-bond donors (Lipinski definition) is 0. The predicted octanol–water partition coefficient (Wildman–Crippen LogP) is 4.89. The van der Waals surface area contributed by atoms with Gasteiger partial charge in [-0.25, -0.2) is 0 Å². The van der Waals surface area contributed by atoms with Gasteiger partial charge in [0.05, 0.1) is 159 Å².